The molecular weight excluding hydrogens is 162 g/mol. The molecular formula is C11H25NO. The van der Waals surface area contributed by atoms with E-state index in [4.69, 9.17) is 4.74 Å². The monoisotopic (exact) mass is 187 g/mol. The lowest BCUT2D eigenvalue weighted by Gasteiger charge is -2.21. The second-order valence-electron chi connectivity index (χ2n) is 4.51. The van der Waals surface area contributed by atoms with E-state index in [0.29, 0.717) is 11.8 Å². The summed E-state index contributed by atoms with van der Waals surface area (Å²) in [6.07, 6.45) is 0. The van der Waals surface area contributed by atoms with Crippen molar-refractivity contribution in [3.05, 3.63) is 0 Å². The first kappa shape index (κ1) is 12.9. The Hall–Kier alpha value is -0.0800. The van der Waals surface area contributed by atoms with Crippen molar-refractivity contribution in [2.24, 2.45) is 17.8 Å². The zero-order valence-corrected chi connectivity index (χ0v) is 9.76. The lowest BCUT2D eigenvalue weighted by Crippen LogP contribution is -2.31. The highest BCUT2D eigenvalue weighted by Crippen LogP contribution is 2.09. The van der Waals surface area contributed by atoms with Crippen LogP contribution in [0.1, 0.15) is 27.7 Å². The third-order valence-corrected chi connectivity index (χ3v) is 2.28. The van der Waals surface area contributed by atoms with Gasteiger partial charge in [0.15, 0.2) is 0 Å². The Balaban J connectivity index is 3.57. The molecule has 13 heavy (non-hydrogen) atoms. The van der Waals surface area contributed by atoms with Crippen molar-refractivity contribution in [2.45, 2.75) is 27.7 Å². The van der Waals surface area contributed by atoms with Crippen molar-refractivity contribution in [1.82, 2.24) is 5.32 Å². The van der Waals surface area contributed by atoms with Crippen LogP contribution in [0.3, 0.4) is 0 Å². The first-order valence-corrected chi connectivity index (χ1v) is 5.27. The summed E-state index contributed by atoms with van der Waals surface area (Å²) in [4.78, 5) is 0. The molecule has 0 heterocycles. The quantitative estimate of drug-likeness (QED) is 0.659. The normalized spacial score (nSPS) is 14.1. The first-order valence-electron chi connectivity index (χ1n) is 5.27. The van der Waals surface area contributed by atoms with Crippen molar-refractivity contribution in [3.63, 3.8) is 0 Å². The van der Waals surface area contributed by atoms with Crippen molar-refractivity contribution in [2.75, 3.05) is 26.8 Å². The summed E-state index contributed by atoms with van der Waals surface area (Å²) in [5.41, 5.74) is 0. The molecule has 0 aromatic heterocycles. The minimum atomic E-state index is 0.642. The van der Waals surface area contributed by atoms with Gasteiger partial charge in [-0.3, -0.25) is 0 Å². The fourth-order valence-corrected chi connectivity index (χ4v) is 1.26. The third kappa shape index (κ3) is 7.03. The molecule has 0 aliphatic carbocycles. The van der Waals surface area contributed by atoms with E-state index in [-0.39, 0.29) is 0 Å². The molecule has 0 spiro atoms. The number of methoxy groups -OCH3 is 1. The predicted molar refractivity (Wildman–Crippen MR) is 57.9 cm³/mol. The van der Waals surface area contributed by atoms with Gasteiger partial charge < -0.3 is 10.1 Å². The predicted octanol–water partition coefficient (Wildman–Crippen LogP) is 2.15. The first-order chi connectivity index (χ1) is 6.07. The van der Waals surface area contributed by atoms with Gasteiger partial charge in [-0.2, -0.15) is 0 Å². The van der Waals surface area contributed by atoms with E-state index in [0.717, 1.165) is 25.6 Å². The molecule has 0 fully saturated rings. The van der Waals surface area contributed by atoms with Gasteiger partial charge in [-0.1, -0.05) is 27.7 Å². The van der Waals surface area contributed by atoms with Crippen molar-refractivity contribution in [3.8, 4) is 0 Å². The van der Waals surface area contributed by atoms with Crippen LogP contribution in [0.2, 0.25) is 0 Å². The van der Waals surface area contributed by atoms with Gasteiger partial charge in [-0.25, -0.2) is 0 Å². The molecule has 2 nitrogen and oxygen atoms in total. The average molecular weight is 187 g/mol. The van der Waals surface area contributed by atoms with E-state index in [1.54, 1.807) is 7.11 Å². The highest BCUT2D eigenvalue weighted by Gasteiger charge is 2.12. The summed E-state index contributed by atoms with van der Waals surface area (Å²) in [5, 5.41) is 3.47. The van der Waals surface area contributed by atoms with E-state index >= 15 is 0 Å². The summed E-state index contributed by atoms with van der Waals surface area (Å²) >= 11 is 0. The second-order valence-corrected chi connectivity index (χ2v) is 4.51. The fraction of sp³-hybridized carbons (Fsp3) is 1.00. The van der Waals surface area contributed by atoms with E-state index in [1.165, 1.54) is 0 Å². The van der Waals surface area contributed by atoms with Gasteiger partial charge in [0, 0.05) is 13.7 Å². The maximum Gasteiger partial charge on any atom is 0.0505 e. The molecule has 80 valence electrons. The van der Waals surface area contributed by atoms with E-state index < -0.39 is 0 Å². The zero-order chi connectivity index (χ0) is 10.3. The Bertz CT molecular complexity index is 113. The molecule has 0 aliphatic rings. The molecule has 0 aromatic rings. The molecule has 1 atom stereocenters. The van der Waals surface area contributed by atoms with Gasteiger partial charge in [0.2, 0.25) is 0 Å². The van der Waals surface area contributed by atoms with Gasteiger partial charge in [0.05, 0.1) is 6.61 Å². The summed E-state index contributed by atoms with van der Waals surface area (Å²) < 4.78 is 5.18. The number of ether oxygens (including phenoxy) is 1. The van der Waals surface area contributed by atoms with Crippen LogP contribution in [0.15, 0.2) is 0 Å². The number of hydrogen-bond acceptors (Lipinski definition) is 2. The fourth-order valence-electron chi connectivity index (χ4n) is 1.26. The van der Waals surface area contributed by atoms with Gasteiger partial charge in [-0.05, 0) is 24.3 Å². The SMILES string of the molecule is COCC(CNCC(C)C)C(C)C. The Kier molecular flexibility index (Phi) is 7.29. The summed E-state index contributed by atoms with van der Waals surface area (Å²) in [6, 6.07) is 0. The molecule has 0 amide bonds. The molecule has 0 radical (unpaired) electrons. The highest BCUT2D eigenvalue weighted by molar-refractivity contribution is 4.65. The molecule has 0 saturated carbocycles. The largest absolute Gasteiger partial charge is 0.384 e. The number of hydrogen-bond donors (Lipinski definition) is 1. The van der Waals surface area contributed by atoms with Gasteiger partial charge in [0.1, 0.15) is 0 Å². The summed E-state index contributed by atoms with van der Waals surface area (Å²) in [5.74, 6) is 2.07. The van der Waals surface area contributed by atoms with Crippen LogP contribution in [-0.4, -0.2) is 26.8 Å². The molecule has 2 heteroatoms. The van der Waals surface area contributed by atoms with E-state index in [9.17, 15) is 0 Å². The van der Waals surface area contributed by atoms with Gasteiger partial charge in [-0.15, -0.1) is 0 Å². The van der Waals surface area contributed by atoms with Gasteiger partial charge >= 0.3 is 0 Å². The Labute approximate surface area is 83.1 Å². The number of rotatable bonds is 7. The van der Waals surface area contributed by atoms with E-state index in [2.05, 4.69) is 33.0 Å². The lowest BCUT2D eigenvalue weighted by molar-refractivity contribution is 0.127. The molecule has 0 rings (SSSR count). The van der Waals surface area contributed by atoms with Crippen LogP contribution in [0, 0.1) is 17.8 Å². The molecule has 1 unspecified atom stereocenters. The average Bonchev–Trinajstić information content (AvgIpc) is 2.02. The van der Waals surface area contributed by atoms with Crippen LogP contribution in [0.4, 0.5) is 0 Å². The second kappa shape index (κ2) is 7.34. The Morgan fingerprint density at radius 2 is 1.69 bits per heavy atom. The highest BCUT2D eigenvalue weighted by atomic mass is 16.5. The van der Waals surface area contributed by atoms with E-state index in [1.807, 2.05) is 0 Å². The molecule has 0 bridgehead atoms. The van der Waals surface area contributed by atoms with Crippen LogP contribution >= 0.6 is 0 Å². The molecule has 0 saturated heterocycles. The van der Waals surface area contributed by atoms with Crippen LogP contribution in [-0.2, 0) is 4.74 Å². The van der Waals surface area contributed by atoms with Crippen molar-refractivity contribution in [1.29, 1.82) is 0 Å². The molecule has 0 aromatic carbocycles. The smallest absolute Gasteiger partial charge is 0.0505 e. The Morgan fingerprint density at radius 1 is 1.08 bits per heavy atom. The van der Waals surface area contributed by atoms with Crippen molar-refractivity contribution < 1.29 is 4.74 Å². The number of nitrogens with one attached hydrogen (secondary N) is 1. The van der Waals surface area contributed by atoms with Crippen molar-refractivity contribution >= 4 is 0 Å². The molecule has 1 N–H and O–H groups in total. The third-order valence-electron chi connectivity index (χ3n) is 2.28. The maximum atomic E-state index is 5.18. The molecule has 0 aliphatic heterocycles. The minimum absolute atomic E-state index is 0.642. The summed E-state index contributed by atoms with van der Waals surface area (Å²) in [7, 11) is 1.78. The van der Waals surface area contributed by atoms with Crippen LogP contribution < -0.4 is 5.32 Å². The summed E-state index contributed by atoms with van der Waals surface area (Å²) in [6.45, 7) is 12.0. The lowest BCUT2D eigenvalue weighted by atomic mass is 9.96. The van der Waals surface area contributed by atoms with Crippen LogP contribution in [0.25, 0.3) is 0 Å². The standard InChI is InChI=1S/C11H25NO/c1-9(2)6-12-7-11(8-13-5)10(3)4/h9-12H,6-8H2,1-5H3. The minimum Gasteiger partial charge on any atom is -0.384 e. The van der Waals surface area contributed by atoms with Gasteiger partial charge in [0.25, 0.3) is 0 Å². The van der Waals surface area contributed by atoms with Crippen LogP contribution in [0.5, 0.6) is 0 Å². The zero-order valence-electron chi connectivity index (χ0n) is 9.76. The Morgan fingerprint density at radius 3 is 2.08 bits per heavy atom. The maximum absolute atomic E-state index is 5.18. The topological polar surface area (TPSA) is 21.3 Å².